The predicted octanol–water partition coefficient (Wildman–Crippen LogP) is 2.83. The summed E-state index contributed by atoms with van der Waals surface area (Å²) in [7, 11) is 0. The van der Waals surface area contributed by atoms with E-state index in [9.17, 15) is 4.79 Å². The zero-order valence-electron chi connectivity index (χ0n) is 13.1. The number of carbonyl (C=O) groups is 1. The van der Waals surface area contributed by atoms with Crippen molar-refractivity contribution in [1.82, 2.24) is 24.6 Å². The van der Waals surface area contributed by atoms with Crippen LogP contribution in [0.25, 0.3) is 10.2 Å². The van der Waals surface area contributed by atoms with Gasteiger partial charge in [-0.2, -0.15) is 5.10 Å². The molecule has 2 aromatic heterocycles. The third-order valence-corrected chi connectivity index (χ3v) is 5.18. The number of nitrogens with zero attached hydrogens (tertiary/aromatic N) is 5. The number of fused-ring (bicyclic) bond motifs is 1. The van der Waals surface area contributed by atoms with E-state index >= 15 is 0 Å². The van der Waals surface area contributed by atoms with Crippen molar-refractivity contribution < 1.29 is 4.79 Å². The molecule has 0 aliphatic carbocycles. The van der Waals surface area contributed by atoms with Crippen LogP contribution in [0.3, 0.4) is 0 Å². The van der Waals surface area contributed by atoms with E-state index in [-0.39, 0.29) is 6.03 Å². The molecule has 0 bridgehead atoms. The fourth-order valence-corrected chi connectivity index (χ4v) is 3.94. The van der Waals surface area contributed by atoms with Crippen LogP contribution in [0.2, 0.25) is 0 Å². The highest BCUT2D eigenvalue weighted by Crippen LogP contribution is 2.26. The first kappa shape index (κ1) is 15.1. The van der Waals surface area contributed by atoms with Gasteiger partial charge in [0.15, 0.2) is 5.13 Å². The average molecular weight is 342 g/mol. The smallest absolute Gasteiger partial charge is 0.323 e. The summed E-state index contributed by atoms with van der Waals surface area (Å²) in [5.74, 6) is 0.404. The lowest BCUT2D eigenvalue weighted by Crippen LogP contribution is -2.43. The molecule has 1 fully saturated rings. The second-order valence-electron chi connectivity index (χ2n) is 5.99. The number of likely N-dealkylation sites (tertiary alicyclic amines) is 1. The van der Waals surface area contributed by atoms with Crippen LogP contribution < -0.4 is 5.32 Å². The Morgan fingerprint density at radius 1 is 1.38 bits per heavy atom. The van der Waals surface area contributed by atoms with Crippen LogP contribution in [0.1, 0.15) is 12.8 Å². The van der Waals surface area contributed by atoms with Crippen LogP contribution in [0.5, 0.6) is 0 Å². The number of para-hydroxylation sites is 1. The van der Waals surface area contributed by atoms with Crippen LogP contribution in [0.4, 0.5) is 9.93 Å². The SMILES string of the molecule is O=C(Nc1nc2ccccc2s1)N1CCC[C@H](Cn2cncn2)C1. The summed E-state index contributed by atoms with van der Waals surface area (Å²) in [5, 5.41) is 7.74. The normalized spacial score (nSPS) is 18.0. The van der Waals surface area contributed by atoms with Crippen LogP contribution in [-0.2, 0) is 6.54 Å². The summed E-state index contributed by atoms with van der Waals surface area (Å²) in [6.45, 7) is 2.31. The number of rotatable bonds is 3. The molecule has 1 aromatic carbocycles. The molecule has 1 saturated heterocycles. The molecule has 3 aromatic rings. The molecule has 7 nitrogen and oxygen atoms in total. The molecule has 1 aliphatic heterocycles. The van der Waals surface area contributed by atoms with Gasteiger partial charge in [0.1, 0.15) is 12.7 Å². The molecular formula is C16H18N6OS. The van der Waals surface area contributed by atoms with Gasteiger partial charge in [-0.05, 0) is 30.9 Å². The van der Waals surface area contributed by atoms with Crippen LogP contribution >= 0.6 is 11.3 Å². The Hall–Kier alpha value is -2.48. The van der Waals surface area contributed by atoms with Crippen molar-refractivity contribution in [2.24, 2.45) is 5.92 Å². The number of anilines is 1. The molecule has 0 saturated carbocycles. The first-order valence-electron chi connectivity index (χ1n) is 8.02. The molecule has 124 valence electrons. The molecule has 0 spiro atoms. The summed E-state index contributed by atoms with van der Waals surface area (Å²) in [6.07, 6.45) is 5.37. The maximum atomic E-state index is 12.5. The molecule has 3 heterocycles. The predicted molar refractivity (Wildman–Crippen MR) is 93.0 cm³/mol. The van der Waals surface area contributed by atoms with Crippen molar-refractivity contribution in [3.63, 3.8) is 0 Å². The molecule has 0 radical (unpaired) electrons. The van der Waals surface area contributed by atoms with Gasteiger partial charge < -0.3 is 4.90 Å². The first-order valence-corrected chi connectivity index (χ1v) is 8.83. The number of benzene rings is 1. The molecule has 1 N–H and O–H groups in total. The summed E-state index contributed by atoms with van der Waals surface area (Å²) in [6, 6.07) is 7.82. The van der Waals surface area contributed by atoms with Gasteiger partial charge in [0.05, 0.1) is 10.2 Å². The number of piperidine rings is 1. The van der Waals surface area contributed by atoms with E-state index in [1.54, 1.807) is 12.7 Å². The Morgan fingerprint density at radius 3 is 3.12 bits per heavy atom. The quantitative estimate of drug-likeness (QED) is 0.794. The van der Waals surface area contributed by atoms with Crippen molar-refractivity contribution >= 4 is 32.7 Å². The number of urea groups is 1. The number of amides is 2. The van der Waals surface area contributed by atoms with Crippen molar-refractivity contribution in [2.75, 3.05) is 18.4 Å². The molecule has 1 atom stereocenters. The first-order chi connectivity index (χ1) is 11.8. The fraction of sp³-hybridized carbons (Fsp3) is 0.375. The van der Waals surface area contributed by atoms with Crippen LogP contribution in [0, 0.1) is 5.92 Å². The molecule has 8 heteroatoms. The number of nitrogens with one attached hydrogen (secondary N) is 1. The van der Waals surface area contributed by atoms with Crippen molar-refractivity contribution in [2.45, 2.75) is 19.4 Å². The largest absolute Gasteiger partial charge is 0.324 e. The Balaban J connectivity index is 1.40. The highest BCUT2D eigenvalue weighted by Gasteiger charge is 2.24. The minimum absolute atomic E-state index is 0.0719. The second kappa shape index (κ2) is 6.56. The minimum atomic E-state index is -0.0719. The molecule has 2 amide bonds. The number of hydrogen-bond acceptors (Lipinski definition) is 5. The van der Waals surface area contributed by atoms with E-state index in [0.29, 0.717) is 11.0 Å². The third-order valence-electron chi connectivity index (χ3n) is 4.23. The number of aromatic nitrogens is 4. The average Bonchev–Trinajstić information content (AvgIpc) is 3.24. The minimum Gasteiger partial charge on any atom is -0.324 e. The Bertz CT molecular complexity index is 797. The third kappa shape index (κ3) is 3.23. The van der Waals surface area contributed by atoms with E-state index in [4.69, 9.17) is 0 Å². The van der Waals surface area contributed by atoms with E-state index in [1.165, 1.54) is 11.3 Å². The topological polar surface area (TPSA) is 75.9 Å². The molecular weight excluding hydrogens is 324 g/mol. The summed E-state index contributed by atoms with van der Waals surface area (Å²) in [5.41, 5.74) is 0.917. The Morgan fingerprint density at radius 2 is 2.29 bits per heavy atom. The number of carbonyl (C=O) groups excluding carboxylic acids is 1. The van der Waals surface area contributed by atoms with Gasteiger partial charge in [-0.1, -0.05) is 23.5 Å². The van der Waals surface area contributed by atoms with Gasteiger partial charge in [-0.25, -0.2) is 14.8 Å². The van der Waals surface area contributed by atoms with Crippen molar-refractivity contribution in [3.8, 4) is 0 Å². The summed E-state index contributed by atoms with van der Waals surface area (Å²) >= 11 is 1.50. The highest BCUT2D eigenvalue weighted by atomic mass is 32.1. The zero-order chi connectivity index (χ0) is 16.4. The zero-order valence-corrected chi connectivity index (χ0v) is 13.9. The Kier molecular flexibility index (Phi) is 4.12. The number of thiazole rings is 1. The van der Waals surface area contributed by atoms with Gasteiger partial charge >= 0.3 is 6.03 Å². The van der Waals surface area contributed by atoms with Gasteiger partial charge in [0.2, 0.25) is 0 Å². The highest BCUT2D eigenvalue weighted by molar-refractivity contribution is 7.22. The van der Waals surface area contributed by atoms with E-state index in [0.717, 1.165) is 42.7 Å². The van der Waals surface area contributed by atoms with Crippen LogP contribution in [0.15, 0.2) is 36.9 Å². The molecule has 4 rings (SSSR count). The fourth-order valence-electron chi connectivity index (χ4n) is 3.09. The van der Waals surface area contributed by atoms with E-state index < -0.39 is 0 Å². The molecule has 1 aliphatic rings. The summed E-state index contributed by atoms with van der Waals surface area (Å²) in [4.78, 5) is 22.8. The van der Waals surface area contributed by atoms with Gasteiger partial charge in [0, 0.05) is 19.6 Å². The van der Waals surface area contributed by atoms with Crippen molar-refractivity contribution in [3.05, 3.63) is 36.9 Å². The van der Waals surface area contributed by atoms with E-state index in [1.807, 2.05) is 33.8 Å². The van der Waals surface area contributed by atoms with Gasteiger partial charge in [-0.3, -0.25) is 10.00 Å². The van der Waals surface area contributed by atoms with E-state index in [2.05, 4.69) is 20.4 Å². The van der Waals surface area contributed by atoms with Crippen molar-refractivity contribution in [1.29, 1.82) is 0 Å². The standard InChI is InChI=1S/C16H18N6OS/c23-16(20-15-19-13-5-1-2-6-14(13)24-15)21-7-3-4-12(8-21)9-22-11-17-10-18-22/h1-2,5-6,10-12H,3-4,7-9H2,(H,19,20,23)/t12-/m0/s1. The monoisotopic (exact) mass is 342 g/mol. The molecule has 0 unspecified atom stereocenters. The van der Waals surface area contributed by atoms with Gasteiger partial charge in [0.25, 0.3) is 0 Å². The lowest BCUT2D eigenvalue weighted by molar-refractivity contribution is 0.168. The lowest BCUT2D eigenvalue weighted by atomic mass is 9.98. The molecule has 24 heavy (non-hydrogen) atoms. The van der Waals surface area contributed by atoms with Gasteiger partial charge in [-0.15, -0.1) is 0 Å². The summed E-state index contributed by atoms with van der Waals surface area (Å²) < 4.78 is 2.91. The lowest BCUT2D eigenvalue weighted by Gasteiger charge is -2.32. The maximum Gasteiger partial charge on any atom is 0.323 e. The van der Waals surface area contributed by atoms with Crippen LogP contribution in [-0.4, -0.2) is 43.8 Å². The second-order valence-corrected chi connectivity index (χ2v) is 7.02. The number of hydrogen-bond donors (Lipinski definition) is 1. The Labute approximate surface area is 143 Å². The maximum absolute atomic E-state index is 12.5.